The van der Waals surface area contributed by atoms with Crippen molar-refractivity contribution in [2.75, 3.05) is 5.32 Å². The van der Waals surface area contributed by atoms with Crippen molar-refractivity contribution < 1.29 is 4.92 Å². The maximum absolute atomic E-state index is 10.8. The van der Waals surface area contributed by atoms with Crippen molar-refractivity contribution in [2.24, 2.45) is 0 Å². The Morgan fingerprint density at radius 1 is 1.18 bits per heavy atom. The van der Waals surface area contributed by atoms with Crippen LogP contribution in [0.25, 0.3) is 0 Å². The average Bonchev–Trinajstić information content (AvgIpc) is 2.48. The summed E-state index contributed by atoms with van der Waals surface area (Å²) < 4.78 is 0. The second-order valence-electron chi connectivity index (χ2n) is 5.05. The molecule has 0 saturated heterocycles. The Hall–Kier alpha value is -2.47. The first-order valence-electron chi connectivity index (χ1n) is 6.81. The molecule has 0 aliphatic rings. The molecule has 5 nitrogen and oxygen atoms in total. The third kappa shape index (κ3) is 4.26. The first-order chi connectivity index (χ1) is 10.5. The highest BCUT2D eigenvalue weighted by atomic mass is 32.1. The normalized spacial score (nSPS) is 10.1. The number of hydrogen-bond acceptors (Lipinski definition) is 3. The maximum atomic E-state index is 10.8. The van der Waals surface area contributed by atoms with Gasteiger partial charge in [-0.25, -0.2) is 0 Å². The van der Waals surface area contributed by atoms with E-state index in [0.29, 0.717) is 17.3 Å². The monoisotopic (exact) mass is 315 g/mol. The summed E-state index contributed by atoms with van der Waals surface area (Å²) in [6, 6.07) is 12.8. The molecule has 2 rings (SSSR count). The molecule has 0 bridgehead atoms. The lowest BCUT2D eigenvalue weighted by Gasteiger charge is -2.12. The minimum atomic E-state index is -0.423. The van der Waals surface area contributed by atoms with Crippen molar-refractivity contribution in [1.29, 1.82) is 0 Å². The molecule has 0 aromatic heterocycles. The lowest BCUT2D eigenvalue weighted by atomic mass is 10.1. The van der Waals surface area contributed by atoms with E-state index in [2.05, 4.69) is 10.6 Å². The summed E-state index contributed by atoms with van der Waals surface area (Å²) in [5.74, 6) is 0. The summed E-state index contributed by atoms with van der Waals surface area (Å²) in [5, 5.41) is 17.3. The SMILES string of the molecule is Cc1ccc(CNC(=S)Nc2cc([N+](=O)[O-])ccc2C)cc1. The van der Waals surface area contributed by atoms with Crippen LogP contribution in [0.15, 0.2) is 42.5 Å². The molecule has 6 heteroatoms. The molecule has 2 N–H and O–H groups in total. The van der Waals surface area contributed by atoms with Crippen LogP contribution >= 0.6 is 12.2 Å². The van der Waals surface area contributed by atoms with Gasteiger partial charge in [0.05, 0.1) is 4.92 Å². The fourth-order valence-corrected chi connectivity index (χ4v) is 2.10. The number of hydrogen-bond donors (Lipinski definition) is 2. The van der Waals surface area contributed by atoms with Crippen LogP contribution in [0.4, 0.5) is 11.4 Å². The van der Waals surface area contributed by atoms with Crippen LogP contribution in [0, 0.1) is 24.0 Å². The molecule has 114 valence electrons. The standard InChI is InChI=1S/C16H17N3O2S/c1-11-3-6-13(7-4-11)10-17-16(22)18-15-9-14(19(20)21)8-5-12(15)2/h3-9H,10H2,1-2H3,(H2,17,18,22). The number of anilines is 1. The maximum Gasteiger partial charge on any atom is 0.271 e. The van der Waals surface area contributed by atoms with Gasteiger partial charge in [0, 0.05) is 24.4 Å². The van der Waals surface area contributed by atoms with Gasteiger partial charge in [0.2, 0.25) is 0 Å². The van der Waals surface area contributed by atoms with E-state index in [-0.39, 0.29) is 5.69 Å². The third-order valence-corrected chi connectivity index (χ3v) is 3.50. The number of aryl methyl sites for hydroxylation is 2. The number of rotatable bonds is 4. The molecule has 2 aromatic carbocycles. The summed E-state index contributed by atoms with van der Waals surface area (Å²) in [4.78, 5) is 10.4. The number of nitrogens with one attached hydrogen (secondary N) is 2. The summed E-state index contributed by atoms with van der Waals surface area (Å²) in [6.45, 7) is 4.50. The van der Waals surface area contributed by atoms with Gasteiger partial charge < -0.3 is 10.6 Å². The zero-order chi connectivity index (χ0) is 16.1. The van der Waals surface area contributed by atoms with Crippen molar-refractivity contribution >= 4 is 28.7 Å². The van der Waals surface area contributed by atoms with E-state index in [4.69, 9.17) is 12.2 Å². The van der Waals surface area contributed by atoms with Gasteiger partial charge in [-0.3, -0.25) is 10.1 Å². The molecule has 0 saturated carbocycles. The van der Waals surface area contributed by atoms with E-state index in [1.165, 1.54) is 17.7 Å². The molecule has 22 heavy (non-hydrogen) atoms. The Kier molecular flexibility index (Phi) is 5.06. The molecule has 0 atom stereocenters. The second kappa shape index (κ2) is 7.00. The molecule has 0 radical (unpaired) electrons. The quantitative estimate of drug-likeness (QED) is 0.511. The number of nitro groups is 1. The van der Waals surface area contributed by atoms with Crippen molar-refractivity contribution in [3.8, 4) is 0 Å². The predicted molar refractivity (Wildman–Crippen MR) is 92.1 cm³/mol. The summed E-state index contributed by atoms with van der Waals surface area (Å²) >= 11 is 5.24. The van der Waals surface area contributed by atoms with E-state index in [9.17, 15) is 10.1 Å². The Balaban J connectivity index is 1.98. The molecule has 0 amide bonds. The molecule has 0 heterocycles. The lowest BCUT2D eigenvalue weighted by molar-refractivity contribution is -0.384. The van der Waals surface area contributed by atoms with Crippen LogP contribution < -0.4 is 10.6 Å². The van der Waals surface area contributed by atoms with Gasteiger partial charge in [-0.2, -0.15) is 0 Å². The molecular weight excluding hydrogens is 298 g/mol. The van der Waals surface area contributed by atoms with Crippen LogP contribution in [0.3, 0.4) is 0 Å². The highest BCUT2D eigenvalue weighted by molar-refractivity contribution is 7.80. The van der Waals surface area contributed by atoms with Gasteiger partial charge in [-0.1, -0.05) is 35.9 Å². The van der Waals surface area contributed by atoms with Gasteiger partial charge in [0.1, 0.15) is 0 Å². The second-order valence-corrected chi connectivity index (χ2v) is 5.46. The minimum absolute atomic E-state index is 0.0365. The average molecular weight is 315 g/mol. The van der Waals surface area contributed by atoms with E-state index in [0.717, 1.165) is 11.1 Å². The van der Waals surface area contributed by atoms with E-state index < -0.39 is 4.92 Å². The van der Waals surface area contributed by atoms with Crippen molar-refractivity contribution in [1.82, 2.24) is 5.32 Å². The Labute approximate surface area is 134 Å². The Bertz CT molecular complexity index is 699. The van der Waals surface area contributed by atoms with Gasteiger partial charge in [0.25, 0.3) is 5.69 Å². The van der Waals surface area contributed by atoms with E-state index >= 15 is 0 Å². The summed E-state index contributed by atoms with van der Waals surface area (Å²) in [6.07, 6.45) is 0. The van der Waals surface area contributed by atoms with Gasteiger partial charge in [-0.05, 0) is 37.2 Å². The molecule has 0 aliphatic heterocycles. The molecule has 0 fully saturated rings. The summed E-state index contributed by atoms with van der Waals surface area (Å²) in [5.41, 5.74) is 3.89. The van der Waals surface area contributed by atoms with Crippen molar-refractivity contribution in [3.05, 3.63) is 69.3 Å². The van der Waals surface area contributed by atoms with Gasteiger partial charge in [0.15, 0.2) is 5.11 Å². The van der Waals surface area contributed by atoms with Crippen LogP contribution in [0.2, 0.25) is 0 Å². The molecule has 0 aliphatic carbocycles. The highest BCUT2D eigenvalue weighted by Gasteiger charge is 2.09. The van der Waals surface area contributed by atoms with Crippen molar-refractivity contribution in [3.63, 3.8) is 0 Å². The minimum Gasteiger partial charge on any atom is -0.358 e. The topological polar surface area (TPSA) is 67.2 Å². The first-order valence-corrected chi connectivity index (χ1v) is 7.22. The van der Waals surface area contributed by atoms with Crippen LogP contribution in [-0.2, 0) is 6.54 Å². The Morgan fingerprint density at radius 3 is 2.50 bits per heavy atom. The van der Waals surface area contributed by atoms with Gasteiger partial charge >= 0.3 is 0 Å². The Morgan fingerprint density at radius 2 is 1.86 bits per heavy atom. The molecule has 2 aromatic rings. The number of nitro benzene ring substituents is 1. The summed E-state index contributed by atoms with van der Waals surface area (Å²) in [7, 11) is 0. The van der Waals surface area contributed by atoms with E-state index in [1.807, 2.05) is 38.1 Å². The van der Waals surface area contributed by atoms with Gasteiger partial charge in [-0.15, -0.1) is 0 Å². The van der Waals surface area contributed by atoms with E-state index in [1.54, 1.807) is 6.07 Å². The van der Waals surface area contributed by atoms with Crippen LogP contribution in [0.5, 0.6) is 0 Å². The zero-order valence-electron chi connectivity index (χ0n) is 12.4. The first kappa shape index (κ1) is 15.9. The molecular formula is C16H17N3O2S. The number of nitrogens with zero attached hydrogens (tertiary/aromatic N) is 1. The molecule has 0 unspecified atom stereocenters. The van der Waals surface area contributed by atoms with Crippen molar-refractivity contribution in [2.45, 2.75) is 20.4 Å². The fourth-order valence-electron chi connectivity index (χ4n) is 1.91. The smallest absolute Gasteiger partial charge is 0.271 e. The highest BCUT2D eigenvalue weighted by Crippen LogP contribution is 2.21. The molecule has 0 spiro atoms. The fraction of sp³-hybridized carbons (Fsp3) is 0.188. The number of benzene rings is 2. The zero-order valence-corrected chi connectivity index (χ0v) is 13.2. The third-order valence-electron chi connectivity index (χ3n) is 3.25. The van der Waals surface area contributed by atoms with Crippen LogP contribution in [0.1, 0.15) is 16.7 Å². The lowest BCUT2D eigenvalue weighted by Crippen LogP contribution is -2.28. The number of thiocarbonyl (C=S) groups is 1. The predicted octanol–water partition coefficient (Wildman–Crippen LogP) is 3.70. The van der Waals surface area contributed by atoms with Crippen LogP contribution in [-0.4, -0.2) is 10.0 Å². The number of non-ortho nitro benzene ring substituents is 1. The largest absolute Gasteiger partial charge is 0.358 e.